The maximum Gasteiger partial charge on any atom is 0.336 e. The average molecular weight is 494 g/mol. The molecule has 0 radical (unpaired) electrons. The number of halogens is 1. The fraction of sp³-hybridized carbons (Fsp3) is 0.321. The standard InChI is InChI=1S/C28H28FNO6/c1-16-14-21-25(26(31)22(16)27(32)34-3)24(18-8-7-9-19(29)15-18)23(17(2)30-21)28(33)36-13-12-35-20-10-5-4-6-11-20/h4-11,15-16,22,24,30H,12-14H2,1-3H3/t16-,22-,24+/m1/s1. The van der Waals surface area contributed by atoms with Gasteiger partial charge in [-0.15, -0.1) is 0 Å². The van der Waals surface area contributed by atoms with E-state index in [-0.39, 0.29) is 30.3 Å². The summed E-state index contributed by atoms with van der Waals surface area (Å²) in [4.78, 5) is 39.4. The number of ether oxygens (including phenoxy) is 3. The zero-order valence-electron chi connectivity index (χ0n) is 20.4. The van der Waals surface area contributed by atoms with E-state index >= 15 is 0 Å². The van der Waals surface area contributed by atoms with Gasteiger partial charge in [-0.1, -0.05) is 37.3 Å². The molecule has 0 spiro atoms. The van der Waals surface area contributed by atoms with E-state index in [0.717, 1.165) is 0 Å². The molecule has 3 atom stereocenters. The fourth-order valence-electron chi connectivity index (χ4n) is 4.86. The summed E-state index contributed by atoms with van der Waals surface area (Å²) in [5.74, 6) is -3.80. The van der Waals surface area contributed by atoms with Crippen LogP contribution in [0, 0.1) is 17.7 Å². The Morgan fingerprint density at radius 3 is 2.53 bits per heavy atom. The molecule has 7 nitrogen and oxygen atoms in total. The molecule has 1 aliphatic heterocycles. The molecule has 8 heteroatoms. The molecule has 0 amide bonds. The van der Waals surface area contributed by atoms with Crippen LogP contribution in [-0.2, 0) is 23.9 Å². The van der Waals surface area contributed by atoms with Gasteiger partial charge in [0, 0.05) is 22.9 Å². The molecule has 1 N–H and O–H groups in total. The Hall–Kier alpha value is -3.94. The molecule has 1 heterocycles. The number of benzene rings is 2. The largest absolute Gasteiger partial charge is 0.490 e. The molecule has 0 saturated carbocycles. The lowest BCUT2D eigenvalue weighted by Gasteiger charge is -2.38. The molecule has 2 aromatic rings. The van der Waals surface area contributed by atoms with Crippen LogP contribution in [0.2, 0.25) is 0 Å². The highest BCUT2D eigenvalue weighted by molar-refractivity contribution is 6.12. The second-order valence-electron chi connectivity index (χ2n) is 8.89. The maximum atomic E-state index is 14.3. The average Bonchev–Trinajstić information content (AvgIpc) is 2.86. The van der Waals surface area contributed by atoms with Crippen molar-refractivity contribution in [1.82, 2.24) is 5.32 Å². The predicted molar refractivity (Wildman–Crippen MR) is 129 cm³/mol. The third-order valence-electron chi connectivity index (χ3n) is 6.47. The maximum absolute atomic E-state index is 14.3. The van der Waals surface area contributed by atoms with E-state index in [1.165, 1.54) is 25.3 Å². The lowest BCUT2D eigenvalue weighted by Crippen LogP contribution is -2.43. The van der Waals surface area contributed by atoms with Crippen LogP contribution in [0.4, 0.5) is 4.39 Å². The fourth-order valence-corrected chi connectivity index (χ4v) is 4.86. The van der Waals surface area contributed by atoms with Crippen LogP contribution >= 0.6 is 0 Å². The van der Waals surface area contributed by atoms with Crippen LogP contribution in [0.5, 0.6) is 5.75 Å². The first-order valence-electron chi connectivity index (χ1n) is 11.7. The molecule has 0 aromatic heterocycles. The minimum absolute atomic E-state index is 0.0257. The number of rotatable bonds is 7. The van der Waals surface area contributed by atoms with E-state index in [2.05, 4.69) is 5.32 Å². The number of hydrogen-bond donors (Lipinski definition) is 1. The monoisotopic (exact) mass is 493 g/mol. The van der Waals surface area contributed by atoms with Gasteiger partial charge in [-0.25, -0.2) is 9.18 Å². The summed E-state index contributed by atoms with van der Waals surface area (Å²) in [6.45, 7) is 3.63. The summed E-state index contributed by atoms with van der Waals surface area (Å²) in [5, 5.41) is 3.18. The van der Waals surface area contributed by atoms with Crippen LogP contribution in [0.1, 0.15) is 31.7 Å². The number of allylic oxidation sites excluding steroid dienone is 3. The van der Waals surface area contributed by atoms with Gasteiger partial charge in [0.15, 0.2) is 5.78 Å². The number of Topliss-reactive ketones (excluding diaryl/α,β-unsaturated/α-hetero) is 1. The van der Waals surface area contributed by atoms with Gasteiger partial charge in [-0.3, -0.25) is 9.59 Å². The number of dihydropyridines is 1. The van der Waals surface area contributed by atoms with Crippen molar-refractivity contribution in [3.8, 4) is 5.75 Å². The molecule has 0 saturated heterocycles. The first-order valence-corrected chi connectivity index (χ1v) is 11.7. The number of carbonyl (C=O) groups is 3. The van der Waals surface area contributed by atoms with Crippen molar-refractivity contribution >= 4 is 17.7 Å². The number of hydrogen-bond acceptors (Lipinski definition) is 7. The number of ketones is 1. The molecule has 0 unspecified atom stereocenters. The van der Waals surface area contributed by atoms with Gasteiger partial charge in [0.1, 0.15) is 30.7 Å². The summed E-state index contributed by atoms with van der Waals surface area (Å²) < 4.78 is 30.2. The first-order chi connectivity index (χ1) is 17.3. The molecule has 0 fully saturated rings. The zero-order valence-corrected chi connectivity index (χ0v) is 20.4. The molecule has 2 aliphatic rings. The molecule has 1 aliphatic carbocycles. The van der Waals surface area contributed by atoms with E-state index in [0.29, 0.717) is 29.1 Å². The zero-order chi connectivity index (χ0) is 25.8. The number of esters is 2. The van der Waals surface area contributed by atoms with Crippen molar-refractivity contribution in [3.05, 3.63) is 88.5 Å². The Kier molecular flexibility index (Phi) is 7.52. The van der Waals surface area contributed by atoms with E-state index < -0.39 is 35.4 Å². The Bertz CT molecular complexity index is 1240. The number of methoxy groups -OCH3 is 1. The number of nitrogens with one attached hydrogen (secondary N) is 1. The van der Waals surface area contributed by atoms with Gasteiger partial charge in [0.2, 0.25) is 0 Å². The highest BCUT2D eigenvalue weighted by atomic mass is 19.1. The van der Waals surface area contributed by atoms with E-state index in [4.69, 9.17) is 14.2 Å². The second-order valence-corrected chi connectivity index (χ2v) is 8.89. The van der Waals surface area contributed by atoms with Crippen molar-refractivity contribution < 1.29 is 33.0 Å². The molecule has 4 rings (SSSR count). The molecular weight excluding hydrogens is 465 g/mol. The summed E-state index contributed by atoms with van der Waals surface area (Å²) >= 11 is 0. The second kappa shape index (κ2) is 10.8. The SMILES string of the molecule is COC(=O)[C@H]1C(=O)C2=C(C[C@H]1C)NC(C)=C(C(=O)OCCOc1ccccc1)[C@@H]2c1cccc(F)c1. The number of para-hydroxylation sites is 1. The van der Waals surface area contributed by atoms with E-state index in [1.807, 2.05) is 18.2 Å². The number of carbonyl (C=O) groups excluding carboxylic acids is 3. The highest BCUT2D eigenvalue weighted by Gasteiger charge is 2.47. The van der Waals surface area contributed by atoms with Crippen LogP contribution in [-0.4, -0.2) is 38.0 Å². The van der Waals surface area contributed by atoms with Crippen LogP contribution in [0.25, 0.3) is 0 Å². The van der Waals surface area contributed by atoms with Crippen molar-refractivity contribution in [3.63, 3.8) is 0 Å². The van der Waals surface area contributed by atoms with Crippen molar-refractivity contribution in [2.75, 3.05) is 20.3 Å². The summed E-state index contributed by atoms with van der Waals surface area (Å²) in [6.07, 6.45) is 0.400. The van der Waals surface area contributed by atoms with Gasteiger partial charge in [-0.2, -0.15) is 0 Å². The van der Waals surface area contributed by atoms with E-state index in [9.17, 15) is 18.8 Å². The Morgan fingerprint density at radius 1 is 1.08 bits per heavy atom. The lowest BCUT2D eigenvalue weighted by molar-refractivity contribution is -0.151. The van der Waals surface area contributed by atoms with Crippen LogP contribution in [0.3, 0.4) is 0 Å². The Balaban J connectivity index is 1.64. The molecule has 188 valence electrons. The molecule has 2 aromatic carbocycles. The minimum Gasteiger partial charge on any atom is -0.490 e. The summed E-state index contributed by atoms with van der Waals surface area (Å²) in [5.41, 5.74) is 1.98. The van der Waals surface area contributed by atoms with Gasteiger partial charge in [0.25, 0.3) is 0 Å². The summed E-state index contributed by atoms with van der Waals surface area (Å²) in [6, 6.07) is 14.9. The van der Waals surface area contributed by atoms with E-state index in [1.54, 1.807) is 32.0 Å². The highest BCUT2D eigenvalue weighted by Crippen LogP contribution is 2.45. The normalized spacial score (nSPS) is 21.4. The van der Waals surface area contributed by atoms with Gasteiger partial charge in [0.05, 0.1) is 12.7 Å². The van der Waals surface area contributed by atoms with Crippen molar-refractivity contribution in [1.29, 1.82) is 0 Å². The summed E-state index contributed by atoms with van der Waals surface area (Å²) in [7, 11) is 1.24. The van der Waals surface area contributed by atoms with Gasteiger partial charge >= 0.3 is 11.9 Å². The minimum atomic E-state index is -1.01. The van der Waals surface area contributed by atoms with Gasteiger partial charge < -0.3 is 19.5 Å². The lowest BCUT2D eigenvalue weighted by atomic mass is 9.69. The topological polar surface area (TPSA) is 90.9 Å². The van der Waals surface area contributed by atoms with Crippen molar-refractivity contribution in [2.24, 2.45) is 11.8 Å². The Labute approximate surface area is 208 Å². The Morgan fingerprint density at radius 2 is 1.83 bits per heavy atom. The van der Waals surface area contributed by atoms with Crippen molar-refractivity contribution in [2.45, 2.75) is 26.2 Å². The van der Waals surface area contributed by atoms with Gasteiger partial charge in [-0.05, 0) is 49.1 Å². The predicted octanol–water partition coefficient (Wildman–Crippen LogP) is 4.06. The molecule has 36 heavy (non-hydrogen) atoms. The third kappa shape index (κ3) is 5.03. The molecule has 0 bridgehead atoms. The first kappa shape index (κ1) is 25.2. The smallest absolute Gasteiger partial charge is 0.336 e. The van der Waals surface area contributed by atoms with Crippen LogP contribution < -0.4 is 10.1 Å². The third-order valence-corrected chi connectivity index (χ3v) is 6.47. The quantitative estimate of drug-likeness (QED) is 0.353. The van der Waals surface area contributed by atoms with Crippen LogP contribution in [0.15, 0.2) is 77.1 Å². The molecular formula is C28H28FNO6.